The van der Waals surface area contributed by atoms with Gasteiger partial charge in [0.25, 0.3) is 5.91 Å². The first kappa shape index (κ1) is 30.4. The van der Waals surface area contributed by atoms with Gasteiger partial charge < -0.3 is 21.1 Å². The number of pyridine rings is 2. The van der Waals surface area contributed by atoms with Gasteiger partial charge in [-0.2, -0.15) is 0 Å². The molecular weight excluding hydrogens is 632 g/mol. The summed E-state index contributed by atoms with van der Waals surface area (Å²) in [4.78, 5) is 46.3. The van der Waals surface area contributed by atoms with Gasteiger partial charge in [-0.15, -0.1) is 0 Å². The van der Waals surface area contributed by atoms with E-state index in [0.29, 0.717) is 36.8 Å². The number of hydrogen-bond donors (Lipinski definition) is 4. The first-order chi connectivity index (χ1) is 19.6. The van der Waals surface area contributed by atoms with Gasteiger partial charge in [-0.3, -0.25) is 14.8 Å². The van der Waals surface area contributed by atoms with Crippen LogP contribution in [0.15, 0.2) is 83.1 Å². The standard InChI is InChI=1S/C27H19Cl4N5O4S/c28-16-10-32-11-17(29)23(16)25(37)34-15-7-5-14(6-8-15)9-21(26(38)39)36-27(40)35-20-3-1-2-4-22(20)41-24-18(30)12-33-13-19(24)31/h1-8,10-13,21H,9H2,(H,34,37)(H,38,39)(H2,35,36,40)/t21-/m0/s1. The highest BCUT2D eigenvalue weighted by Crippen LogP contribution is 2.40. The number of para-hydroxylation sites is 1. The molecule has 0 radical (unpaired) electrons. The molecule has 0 aliphatic carbocycles. The Morgan fingerprint density at radius 2 is 1.39 bits per heavy atom. The van der Waals surface area contributed by atoms with Crippen LogP contribution in [0.2, 0.25) is 20.1 Å². The predicted octanol–water partition coefficient (Wildman–Crippen LogP) is 7.31. The summed E-state index contributed by atoms with van der Waals surface area (Å²) < 4.78 is 0. The van der Waals surface area contributed by atoms with Crippen molar-refractivity contribution >= 4 is 87.4 Å². The summed E-state index contributed by atoms with van der Waals surface area (Å²) in [5, 5.41) is 18.5. The van der Waals surface area contributed by atoms with Gasteiger partial charge in [0.05, 0.1) is 36.2 Å². The molecule has 0 unspecified atom stereocenters. The molecule has 0 aliphatic rings. The molecule has 0 aliphatic heterocycles. The zero-order chi connectivity index (χ0) is 29.5. The number of carboxylic acid groups (broad SMARTS) is 1. The lowest BCUT2D eigenvalue weighted by Gasteiger charge is -2.17. The largest absolute Gasteiger partial charge is 0.480 e. The molecule has 0 saturated heterocycles. The Labute approximate surface area is 258 Å². The van der Waals surface area contributed by atoms with Crippen LogP contribution in [0.25, 0.3) is 0 Å². The fourth-order valence-electron chi connectivity index (χ4n) is 3.56. The number of urea groups is 1. The quantitative estimate of drug-likeness (QED) is 0.149. The van der Waals surface area contributed by atoms with Crippen LogP contribution in [0.5, 0.6) is 0 Å². The Morgan fingerprint density at radius 3 is 2.00 bits per heavy atom. The van der Waals surface area contributed by atoms with Gasteiger partial charge >= 0.3 is 12.0 Å². The van der Waals surface area contributed by atoms with Gasteiger partial charge in [-0.1, -0.05) is 82.4 Å². The number of carbonyl (C=O) groups excluding carboxylic acids is 2. The van der Waals surface area contributed by atoms with E-state index in [1.54, 1.807) is 48.5 Å². The minimum atomic E-state index is -1.24. The van der Waals surface area contributed by atoms with Gasteiger partial charge in [0.1, 0.15) is 6.04 Å². The fourth-order valence-corrected chi connectivity index (χ4v) is 5.59. The lowest BCUT2D eigenvalue weighted by atomic mass is 10.1. The second-order valence-electron chi connectivity index (χ2n) is 8.35. The number of halogens is 4. The third kappa shape index (κ3) is 8.02. The molecule has 3 amide bonds. The Bertz CT molecular complexity index is 1570. The summed E-state index contributed by atoms with van der Waals surface area (Å²) in [5.41, 5.74) is 1.55. The van der Waals surface area contributed by atoms with Crippen molar-refractivity contribution in [2.75, 3.05) is 10.6 Å². The van der Waals surface area contributed by atoms with Crippen molar-refractivity contribution in [3.63, 3.8) is 0 Å². The summed E-state index contributed by atoms with van der Waals surface area (Å²) in [6.07, 6.45) is 5.53. The fraction of sp³-hybridized carbons (Fsp3) is 0.0741. The first-order valence-corrected chi connectivity index (χ1v) is 14.0. The van der Waals surface area contributed by atoms with Crippen LogP contribution < -0.4 is 16.0 Å². The van der Waals surface area contributed by atoms with E-state index in [0.717, 1.165) is 0 Å². The molecule has 4 N–H and O–H groups in total. The summed E-state index contributed by atoms with van der Waals surface area (Å²) in [7, 11) is 0. The summed E-state index contributed by atoms with van der Waals surface area (Å²) >= 11 is 25.8. The summed E-state index contributed by atoms with van der Waals surface area (Å²) in [6, 6.07) is 11.4. The van der Waals surface area contributed by atoms with Crippen LogP contribution in [0.3, 0.4) is 0 Å². The highest BCUT2D eigenvalue weighted by Gasteiger charge is 2.22. The van der Waals surface area contributed by atoms with Crippen molar-refractivity contribution in [1.29, 1.82) is 0 Å². The normalized spacial score (nSPS) is 11.4. The molecule has 4 aromatic rings. The molecule has 0 saturated carbocycles. The molecule has 0 spiro atoms. The molecule has 14 heteroatoms. The van der Waals surface area contributed by atoms with E-state index in [4.69, 9.17) is 46.4 Å². The molecular formula is C27H19Cl4N5O4S. The number of carboxylic acids is 1. The van der Waals surface area contributed by atoms with E-state index in [2.05, 4.69) is 25.9 Å². The summed E-state index contributed by atoms with van der Waals surface area (Å²) in [5.74, 6) is -1.75. The van der Waals surface area contributed by atoms with Crippen LogP contribution in [0, 0.1) is 0 Å². The zero-order valence-corrected chi connectivity index (χ0v) is 24.5. The molecule has 0 fully saturated rings. The molecule has 41 heavy (non-hydrogen) atoms. The van der Waals surface area contributed by atoms with E-state index in [9.17, 15) is 19.5 Å². The van der Waals surface area contributed by atoms with Gasteiger partial charge in [0, 0.05) is 41.8 Å². The monoisotopic (exact) mass is 649 g/mol. The zero-order valence-electron chi connectivity index (χ0n) is 20.7. The van der Waals surface area contributed by atoms with Crippen molar-refractivity contribution in [2.45, 2.75) is 22.3 Å². The number of carbonyl (C=O) groups is 3. The van der Waals surface area contributed by atoms with E-state index in [1.807, 2.05) is 0 Å². The predicted molar refractivity (Wildman–Crippen MR) is 161 cm³/mol. The maximum Gasteiger partial charge on any atom is 0.326 e. The maximum absolute atomic E-state index is 12.8. The van der Waals surface area contributed by atoms with Gasteiger partial charge in [0.15, 0.2) is 0 Å². The van der Waals surface area contributed by atoms with Crippen molar-refractivity contribution in [2.24, 2.45) is 0 Å². The van der Waals surface area contributed by atoms with E-state index in [1.165, 1.54) is 36.5 Å². The lowest BCUT2D eigenvalue weighted by molar-refractivity contribution is -0.139. The smallest absolute Gasteiger partial charge is 0.326 e. The van der Waals surface area contributed by atoms with Crippen molar-refractivity contribution in [3.8, 4) is 0 Å². The third-order valence-electron chi connectivity index (χ3n) is 5.49. The second-order valence-corrected chi connectivity index (χ2v) is 11.0. The Hall–Kier alpha value is -3.54. The van der Waals surface area contributed by atoms with Crippen molar-refractivity contribution < 1.29 is 19.5 Å². The number of nitrogens with zero attached hydrogens (tertiary/aromatic N) is 2. The number of amides is 3. The third-order valence-corrected chi connectivity index (χ3v) is 8.08. The lowest BCUT2D eigenvalue weighted by Crippen LogP contribution is -2.44. The number of anilines is 2. The average Bonchev–Trinajstić information content (AvgIpc) is 2.92. The Kier molecular flexibility index (Phi) is 10.3. The highest BCUT2D eigenvalue weighted by atomic mass is 35.5. The highest BCUT2D eigenvalue weighted by molar-refractivity contribution is 7.99. The average molecular weight is 651 g/mol. The van der Waals surface area contributed by atoms with Crippen molar-refractivity contribution in [1.82, 2.24) is 15.3 Å². The summed E-state index contributed by atoms with van der Waals surface area (Å²) in [6.45, 7) is 0. The van der Waals surface area contributed by atoms with Gasteiger partial charge in [0.2, 0.25) is 0 Å². The van der Waals surface area contributed by atoms with Crippen LogP contribution in [-0.2, 0) is 11.2 Å². The van der Waals surface area contributed by atoms with Crippen LogP contribution >= 0.6 is 58.2 Å². The van der Waals surface area contributed by atoms with Crippen LogP contribution in [0.4, 0.5) is 16.2 Å². The minimum absolute atomic E-state index is 0.0163. The molecule has 0 bridgehead atoms. The maximum atomic E-state index is 12.8. The molecule has 4 rings (SSSR count). The van der Waals surface area contributed by atoms with Crippen LogP contribution in [-0.4, -0.2) is 39.0 Å². The molecule has 2 aromatic carbocycles. The topological polar surface area (TPSA) is 133 Å². The molecule has 1 atom stereocenters. The van der Waals surface area contributed by atoms with Crippen molar-refractivity contribution in [3.05, 3.63) is 105 Å². The molecule has 2 heterocycles. The SMILES string of the molecule is O=C(Nc1ccccc1Sc1c(Cl)cncc1Cl)N[C@@H](Cc1ccc(NC(=O)c2c(Cl)cncc2Cl)cc1)C(=O)O. The van der Waals surface area contributed by atoms with E-state index < -0.39 is 23.9 Å². The Balaban J connectivity index is 1.40. The number of nitrogens with one attached hydrogen (secondary N) is 3. The molecule has 9 nitrogen and oxygen atoms in total. The Morgan fingerprint density at radius 1 is 0.805 bits per heavy atom. The second kappa shape index (κ2) is 13.9. The van der Waals surface area contributed by atoms with E-state index >= 15 is 0 Å². The number of aliphatic carboxylic acids is 1. The molecule has 210 valence electrons. The first-order valence-electron chi connectivity index (χ1n) is 11.7. The minimum Gasteiger partial charge on any atom is -0.480 e. The van der Waals surface area contributed by atoms with Crippen LogP contribution in [0.1, 0.15) is 15.9 Å². The number of aromatic nitrogens is 2. The molecule has 2 aromatic heterocycles. The number of benzene rings is 2. The van der Waals surface area contributed by atoms with Gasteiger partial charge in [-0.05, 0) is 29.8 Å². The van der Waals surface area contributed by atoms with Gasteiger partial charge in [-0.25, -0.2) is 9.59 Å². The van der Waals surface area contributed by atoms with E-state index in [-0.39, 0.29) is 22.0 Å². The number of rotatable bonds is 9. The number of hydrogen-bond acceptors (Lipinski definition) is 6.